The van der Waals surface area contributed by atoms with Crippen molar-refractivity contribution in [2.75, 3.05) is 0 Å². The average molecular weight is 525 g/mol. The summed E-state index contributed by atoms with van der Waals surface area (Å²) < 4.78 is 35.7. The number of fused-ring (bicyclic) bond motifs is 1. The minimum Gasteiger partial charge on any atom is -0.744 e. The minimum absolute atomic E-state index is 0. The Kier molecular flexibility index (Phi) is 19.2. The van der Waals surface area contributed by atoms with E-state index in [1.54, 1.807) is 12.1 Å². The maximum absolute atomic E-state index is 11.9. The normalized spacial score (nSPS) is 11.6. The van der Waals surface area contributed by atoms with Gasteiger partial charge in [-0.3, -0.25) is 0 Å². The molecule has 0 aliphatic rings. The molecule has 0 aliphatic carbocycles. The number of unbranched alkanes of at least 4 members (excludes halogenated alkanes) is 18. The molecule has 0 aliphatic heterocycles. The van der Waals surface area contributed by atoms with Gasteiger partial charge in [-0.15, -0.1) is 0 Å². The number of benzene rings is 2. The first-order valence-corrected chi connectivity index (χ1v) is 15.9. The smallest absolute Gasteiger partial charge is 0.744 e. The Morgan fingerprint density at radius 2 is 1.00 bits per heavy atom. The van der Waals surface area contributed by atoms with Gasteiger partial charge in [0.15, 0.2) is 0 Å². The molecule has 198 valence electrons. The summed E-state index contributed by atoms with van der Waals surface area (Å²) in [5.41, 5.74) is 0.672. The van der Waals surface area contributed by atoms with Crippen molar-refractivity contribution in [3.8, 4) is 0 Å². The fourth-order valence-electron chi connectivity index (χ4n) is 5.17. The summed E-state index contributed by atoms with van der Waals surface area (Å²) in [5.74, 6) is 0. The third-order valence-corrected chi connectivity index (χ3v) is 8.24. The molecule has 0 spiro atoms. The zero-order valence-electron chi connectivity index (χ0n) is 23.2. The van der Waals surface area contributed by atoms with Crippen molar-refractivity contribution in [3.63, 3.8) is 0 Å². The van der Waals surface area contributed by atoms with Crippen LogP contribution in [0.5, 0.6) is 0 Å². The molecule has 2 aromatic carbocycles. The number of aryl methyl sites for hydroxylation is 1. The first-order valence-electron chi connectivity index (χ1n) is 14.5. The monoisotopic (exact) mass is 524 g/mol. The van der Waals surface area contributed by atoms with Crippen LogP contribution in [0.1, 0.15) is 134 Å². The van der Waals surface area contributed by atoms with Gasteiger partial charge in [-0.2, -0.15) is 0 Å². The minimum atomic E-state index is -4.49. The molecule has 0 saturated carbocycles. The van der Waals surface area contributed by atoms with Gasteiger partial charge in [-0.25, -0.2) is 8.42 Å². The Balaban J connectivity index is 0.00000648. The Morgan fingerprint density at radius 3 is 1.44 bits per heavy atom. The number of hydrogen-bond acceptors (Lipinski definition) is 3. The van der Waals surface area contributed by atoms with Gasteiger partial charge < -0.3 is 4.55 Å². The molecule has 0 saturated heterocycles. The molecule has 2 rings (SSSR count). The van der Waals surface area contributed by atoms with Crippen LogP contribution in [0.2, 0.25) is 0 Å². The summed E-state index contributed by atoms with van der Waals surface area (Å²) in [6, 6.07) is 11.0. The molecule has 36 heavy (non-hydrogen) atoms. The van der Waals surface area contributed by atoms with Gasteiger partial charge in [0.2, 0.25) is 0 Å². The Labute approximate surface area is 244 Å². The van der Waals surface area contributed by atoms with Crippen molar-refractivity contribution < 1.29 is 42.5 Å². The van der Waals surface area contributed by atoms with Crippen molar-refractivity contribution in [3.05, 3.63) is 42.0 Å². The Bertz CT molecular complexity index is 927. The molecule has 0 bridgehead atoms. The third-order valence-electron chi connectivity index (χ3n) is 7.26. The molecule has 3 nitrogen and oxygen atoms in total. The van der Waals surface area contributed by atoms with Crippen molar-refractivity contribution in [2.45, 2.75) is 140 Å². The molecule has 0 atom stereocenters. The molecule has 0 N–H and O–H groups in total. The second-order valence-corrected chi connectivity index (χ2v) is 11.7. The maximum Gasteiger partial charge on any atom is 1.00 e. The largest absolute Gasteiger partial charge is 1.00 e. The summed E-state index contributed by atoms with van der Waals surface area (Å²) in [6.07, 6.45) is 26.0. The molecule has 0 aromatic heterocycles. The second kappa shape index (κ2) is 20.6. The van der Waals surface area contributed by atoms with Gasteiger partial charge in [0, 0.05) is 0 Å². The van der Waals surface area contributed by atoms with E-state index in [0.29, 0.717) is 17.4 Å². The van der Waals surface area contributed by atoms with E-state index in [-0.39, 0.29) is 34.5 Å². The topological polar surface area (TPSA) is 57.2 Å². The third kappa shape index (κ3) is 14.0. The van der Waals surface area contributed by atoms with E-state index in [1.165, 1.54) is 109 Å². The van der Waals surface area contributed by atoms with Crippen LogP contribution < -0.4 is 29.6 Å². The molecule has 0 fully saturated rings. The van der Waals surface area contributed by atoms with Gasteiger partial charge >= 0.3 is 29.6 Å². The summed E-state index contributed by atoms with van der Waals surface area (Å²) in [7, 11) is -4.49. The molecule has 0 unspecified atom stereocenters. The quantitative estimate of drug-likeness (QED) is 0.103. The summed E-state index contributed by atoms with van der Waals surface area (Å²) in [4.78, 5) is -0.0157. The van der Waals surface area contributed by atoms with Crippen LogP contribution in [0.4, 0.5) is 0 Å². The molecule has 2 aromatic rings. The van der Waals surface area contributed by atoms with Gasteiger partial charge in [0.1, 0.15) is 10.1 Å². The summed E-state index contributed by atoms with van der Waals surface area (Å²) in [5, 5.41) is 1.36. The fourth-order valence-corrected chi connectivity index (χ4v) is 6.12. The van der Waals surface area contributed by atoms with Crippen molar-refractivity contribution in [1.82, 2.24) is 0 Å². The standard InChI is InChI=1S/C31H50O3S.Na/c1-2-3-4-5-6-7-8-9-10-11-12-13-14-15-16-17-18-19-20-24-29-27-26-28-23-21-22-25-30(28)31(29)35(32,33)34;/h21-23,25-27H,2-20,24H2,1H3,(H,32,33,34);/q;+1/p-1. The van der Waals surface area contributed by atoms with Crippen LogP contribution in [-0.2, 0) is 16.5 Å². The van der Waals surface area contributed by atoms with Crippen LogP contribution in [0.3, 0.4) is 0 Å². The predicted molar refractivity (Wildman–Crippen MR) is 149 cm³/mol. The van der Waals surface area contributed by atoms with Crippen LogP contribution in [0.25, 0.3) is 10.8 Å². The van der Waals surface area contributed by atoms with Crippen molar-refractivity contribution in [1.29, 1.82) is 0 Å². The van der Waals surface area contributed by atoms with Gasteiger partial charge in [0.05, 0.1) is 4.90 Å². The van der Waals surface area contributed by atoms with E-state index < -0.39 is 10.1 Å². The maximum atomic E-state index is 11.9. The van der Waals surface area contributed by atoms with E-state index in [2.05, 4.69) is 6.92 Å². The molecular formula is C31H49NaO3S. The Morgan fingerprint density at radius 1 is 0.583 bits per heavy atom. The van der Waals surface area contributed by atoms with E-state index in [0.717, 1.165) is 18.2 Å². The van der Waals surface area contributed by atoms with Crippen LogP contribution in [0, 0.1) is 0 Å². The fraction of sp³-hybridized carbons (Fsp3) is 0.677. The first kappa shape index (κ1) is 33.6. The van der Waals surface area contributed by atoms with Crippen molar-refractivity contribution in [2.24, 2.45) is 0 Å². The molecule has 5 heteroatoms. The summed E-state index contributed by atoms with van der Waals surface area (Å²) in [6.45, 7) is 2.28. The summed E-state index contributed by atoms with van der Waals surface area (Å²) >= 11 is 0. The molecular weight excluding hydrogens is 475 g/mol. The van der Waals surface area contributed by atoms with Crippen LogP contribution in [0.15, 0.2) is 41.3 Å². The van der Waals surface area contributed by atoms with Gasteiger partial charge in [0.25, 0.3) is 0 Å². The van der Waals surface area contributed by atoms with Gasteiger partial charge in [-0.1, -0.05) is 159 Å². The van der Waals surface area contributed by atoms with E-state index in [1.807, 2.05) is 24.3 Å². The Hall–Kier alpha value is -0.390. The molecule has 0 radical (unpaired) electrons. The first-order chi connectivity index (χ1) is 17.0. The van der Waals surface area contributed by atoms with E-state index >= 15 is 0 Å². The van der Waals surface area contributed by atoms with E-state index in [4.69, 9.17) is 0 Å². The molecule has 0 amide bonds. The number of rotatable bonds is 21. The van der Waals surface area contributed by atoms with Crippen molar-refractivity contribution >= 4 is 20.9 Å². The predicted octanol–water partition coefficient (Wildman–Crippen LogP) is 6.72. The zero-order valence-corrected chi connectivity index (χ0v) is 26.1. The zero-order chi connectivity index (χ0) is 25.2. The van der Waals surface area contributed by atoms with E-state index in [9.17, 15) is 13.0 Å². The SMILES string of the molecule is CCCCCCCCCCCCCCCCCCCCCc1ccc2ccccc2c1S(=O)(=O)[O-].[Na+]. The molecule has 0 heterocycles. The number of hydrogen-bond donors (Lipinski definition) is 0. The average Bonchev–Trinajstić information content (AvgIpc) is 2.84. The van der Waals surface area contributed by atoms with Crippen LogP contribution in [-0.4, -0.2) is 13.0 Å². The van der Waals surface area contributed by atoms with Crippen LogP contribution >= 0.6 is 0 Å². The second-order valence-electron chi connectivity index (χ2n) is 10.3. The van der Waals surface area contributed by atoms with Gasteiger partial charge in [-0.05, 0) is 29.2 Å².